The summed E-state index contributed by atoms with van der Waals surface area (Å²) in [7, 11) is 0. The van der Waals surface area contributed by atoms with E-state index in [-0.39, 0.29) is 11.7 Å². The fraction of sp³-hybridized carbons (Fsp3) is 0.150. The van der Waals surface area contributed by atoms with Gasteiger partial charge in [-0.3, -0.25) is 4.79 Å². The fourth-order valence-corrected chi connectivity index (χ4v) is 3.03. The van der Waals surface area contributed by atoms with Crippen molar-refractivity contribution >= 4 is 16.8 Å². The Morgan fingerprint density at radius 2 is 1.96 bits per heavy atom. The zero-order chi connectivity index (χ0) is 17.9. The third-order valence-electron chi connectivity index (χ3n) is 4.41. The smallest absolute Gasteiger partial charge is 0.290 e. The van der Waals surface area contributed by atoms with Crippen molar-refractivity contribution in [3.8, 4) is 5.69 Å². The van der Waals surface area contributed by atoms with Crippen molar-refractivity contribution in [2.45, 2.75) is 13.3 Å². The number of aryl methyl sites for hydroxylation is 1. The summed E-state index contributed by atoms with van der Waals surface area (Å²) in [5.74, 6) is -0.0932. The molecule has 6 heteroatoms. The van der Waals surface area contributed by atoms with Crippen LogP contribution in [0.4, 0.5) is 0 Å². The molecule has 1 amide bonds. The second-order valence-electron chi connectivity index (χ2n) is 6.16. The number of aromatic nitrogens is 4. The molecule has 0 aliphatic rings. The molecule has 130 valence electrons. The predicted molar refractivity (Wildman–Crippen MR) is 100 cm³/mol. The molecule has 0 spiro atoms. The molecule has 0 saturated carbocycles. The van der Waals surface area contributed by atoms with Crippen molar-refractivity contribution in [2.24, 2.45) is 0 Å². The minimum absolute atomic E-state index is 0.173. The maximum absolute atomic E-state index is 12.3. The van der Waals surface area contributed by atoms with Gasteiger partial charge in [-0.15, -0.1) is 5.10 Å². The van der Waals surface area contributed by atoms with Crippen LogP contribution in [-0.2, 0) is 6.42 Å². The van der Waals surface area contributed by atoms with E-state index in [4.69, 9.17) is 0 Å². The number of nitrogens with zero attached hydrogens (tertiary/aromatic N) is 3. The van der Waals surface area contributed by atoms with Crippen LogP contribution in [0.5, 0.6) is 0 Å². The Kier molecular flexibility index (Phi) is 4.23. The van der Waals surface area contributed by atoms with Gasteiger partial charge in [0.25, 0.3) is 5.91 Å². The van der Waals surface area contributed by atoms with Gasteiger partial charge in [-0.2, -0.15) is 0 Å². The zero-order valence-electron chi connectivity index (χ0n) is 14.4. The van der Waals surface area contributed by atoms with E-state index in [0.29, 0.717) is 6.54 Å². The Bertz CT molecular complexity index is 1060. The van der Waals surface area contributed by atoms with Crippen LogP contribution in [-0.4, -0.2) is 32.2 Å². The second kappa shape index (κ2) is 6.84. The lowest BCUT2D eigenvalue weighted by Crippen LogP contribution is -2.26. The minimum Gasteiger partial charge on any atom is -0.361 e. The molecule has 0 fully saturated rings. The summed E-state index contributed by atoms with van der Waals surface area (Å²) in [4.78, 5) is 19.7. The Morgan fingerprint density at radius 1 is 1.15 bits per heavy atom. The SMILES string of the molecule is Cc1ccccc1-n1cnc(C(=O)NCCc2c[nH]c3ccccc23)n1. The Morgan fingerprint density at radius 3 is 2.85 bits per heavy atom. The van der Waals surface area contributed by atoms with E-state index < -0.39 is 0 Å². The molecule has 2 aromatic heterocycles. The quantitative estimate of drug-likeness (QED) is 0.584. The number of carbonyl (C=O) groups is 1. The van der Waals surface area contributed by atoms with Crippen molar-refractivity contribution in [1.29, 1.82) is 0 Å². The molecule has 0 unspecified atom stereocenters. The van der Waals surface area contributed by atoms with E-state index in [1.54, 1.807) is 11.0 Å². The van der Waals surface area contributed by atoms with Crippen molar-refractivity contribution in [2.75, 3.05) is 6.54 Å². The largest absolute Gasteiger partial charge is 0.361 e. The first-order valence-electron chi connectivity index (χ1n) is 8.53. The van der Waals surface area contributed by atoms with Gasteiger partial charge in [-0.1, -0.05) is 36.4 Å². The topological polar surface area (TPSA) is 75.6 Å². The molecule has 0 aliphatic carbocycles. The maximum Gasteiger partial charge on any atom is 0.290 e. The second-order valence-corrected chi connectivity index (χ2v) is 6.16. The summed E-state index contributed by atoms with van der Waals surface area (Å²) in [5.41, 5.74) is 4.27. The van der Waals surface area contributed by atoms with Crippen LogP contribution in [0.2, 0.25) is 0 Å². The lowest BCUT2D eigenvalue weighted by atomic mass is 10.1. The minimum atomic E-state index is -0.267. The van der Waals surface area contributed by atoms with Crippen molar-refractivity contribution in [3.63, 3.8) is 0 Å². The number of carbonyl (C=O) groups excluding carboxylic acids is 1. The van der Waals surface area contributed by atoms with E-state index in [1.807, 2.05) is 55.6 Å². The van der Waals surface area contributed by atoms with Gasteiger partial charge in [0.15, 0.2) is 0 Å². The molecular formula is C20H19N5O. The van der Waals surface area contributed by atoms with Gasteiger partial charge in [0.05, 0.1) is 5.69 Å². The van der Waals surface area contributed by atoms with Crippen LogP contribution in [0.3, 0.4) is 0 Å². The van der Waals surface area contributed by atoms with E-state index in [9.17, 15) is 4.79 Å². The molecule has 0 aliphatic heterocycles. The van der Waals surface area contributed by atoms with Crippen LogP contribution in [0.1, 0.15) is 21.7 Å². The van der Waals surface area contributed by atoms with Gasteiger partial charge >= 0.3 is 0 Å². The molecule has 6 nitrogen and oxygen atoms in total. The first kappa shape index (κ1) is 16.1. The van der Waals surface area contributed by atoms with Crippen LogP contribution in [0.25, 0.3) is 16.6 Å². The highest BCUT2D eigenvalue weighted by Crippen LogP contribution is 2.17. The van der Waals surface area contributed by atoms with E-state index in [2.05, 4.69) is 26.4 Å². The number of amides is 1. The average molecular weight is 345 g/mol. The third kappa shape index (κ3) is 3.09. The Labute approximate surface area is 150 Å². The first-order chi connectivity index (χ1) is 12.7. The zero-order valence-corrected chi connectivity index (χ0v) is 14.4. The molecule has 0 saturated heterocycles. The number of nitrogens with one attached hydrogen (secondary N) is 2. The number of benzene rings is 2. The molecular weight excluding hydrogens is 326 g/mol. The molecule has 4 rings (SSSR count). The molecule has 0 radical (unpaired) electrons. The van der Waals surface area contributed by atoms with E-state index >= 15 is 0 Å². The standard InChI is InChI=1S/C20H19N5O/c1-14-6-2-5-9-18(14)25-13-23-19(24-25)20(26)21-11-10-15-12-22-17-8-4-3-7-16(15)17/h2-9,12-13,22H,10-11H2,1H3,(H,21,26). The number of rotatable bonds is 5. The van der Waals surface area contributed by atoms with Gasteiger partial charge in [-0.25, -0.2) is 9.67 Å². The number of fused-ring (bicyclic) bond motifs is 1. The van der Waals surface area contributed by atoms with Crippen molar-refractivity contribution < 1.29 is 4.79 Å². The molecule has 0 atom stereocenters. The molecule has 4 aromatic rings. The predicted octanol–water partition coefficient (Wildman–Crippen LogP) is 3.03. The van der Waals surface area contributed by atoms with Gasteiger partial charge < -0.3 is 10.3 Å². The monoisotopic (exact) mass is 345 g/mol. The van der Waals surface area contributed by atoms with Crippen LogP contribution in [0, 0.1) is 6.92 Å². The van der Waals surface area contributed by atoms with E-state index in [0.717, 1.165) is 23.2 Å². The summed E-state index contributed by atoms with van der Waals surface area (Å²) in [5, 5.41) is 8.37. The summed E-state index contributed by atoms with van der Waals surface area (Å²) < 4.78 is 1.63. The number of hydrogen-bond donors (Lipinski definition) is 2. The summed E-state index contributed by atoms with van der Waals surface area (Å²) in [6.07, 6.45) is 4.30. The molecule has 0 bridgehead atoms. The fourth-order valence-electron chi connectivity index (χ4n) is 3.03. The summed E-state index contributed by atoms with van der Waals surface area (Å²) in [6, 6.07) is 16.0. The lowest BCUT2D eigenvalue weighted by molar-refractivity contribution is 0.0944. The maximum atomic E-state index is 12.3. The number of hydrogen-bond acceptors (Lipinski definition) is 3. The highest BCUT2D eigenvalue weighted by molar-refractivity contribution is 5.90. The van der Waals surface area contributed by atoms with Gasteiger partial charge in [-0.05, 0) is 36.6 Å². The van der Waals surface area contributed by atoms with Gasteiger partial charge in [0.1, 0.15) is 6.33 Å². The lowest BCUT2D eigenvalue weighted by Gasteiger charge is -2.04. The molecule has 26 heavy (non-hydrogen) atoms. The highest BCUT2D eigenvalue weighted by Gasteiger charge is 2.12. The normalized spacial score (nSPS) is 11.0. The average Bonchev–Trinajstić information content (AvgIpc) is 3.30. The Hall–Kier alpha value is -3.41. The highest BCUT2D eigenvalue weighted by atomic mass is 16.2. The van der Waals surface area contributed by atoms with Crippen LogP contribution >= 0.6 is 0 Å². The first-order valence-corrected chi connectivity index (χ1v) is 8.53. The summed E-state index contributed by atoms with van der Waals surface area (Å²) in [6.45, 7) is 2.53. The van der Waals surface area contributed by atoms with E-state index in [1.165, 1.54) is 10.9 Å². The van der Waals surface area contributed by atoms with Crippen LogP contribution in [0.15, 0.2) is 61.1 Å². The molecule has 2 heterocycles. The van der Waals surface area contributed by atoms with Gasteiger partial charge in [0, 0.05) is 23.6 Å². The summed E-state index contributed by atoms with van der Waals surface area (Å²) >= 11 is 0. The Balaban J connectivity index is 1.40. The van der Waals surface area contributed by atoms with Crippen molar-refractivity contribution in [3.05, 3.63) is 78.0 Å². The molecule has 2 N–H and O–H groups in total. The number of H-pyrrole nitrogens is 1. The van der Waals surface area contributed by atoms with Crippen molar-refractivity contribution in [1.82, 2.24) is 25.1 Å². The van der Waals surface area contributed by atoms with Gasteiger partial charge in [0.2, 0.25) is 5.82 Å². The van der Waals surface area contributed by atoms with Crippen LogP contribution < -0.4 is 5.32 Å². The molecule has 2 aromatic carbocycles. The third-order valence-corrected chi connectivity index (χ3v) is 4.41. The number of para-hydroxylation sites is 2. The number of aromatic amines is 1.